The molecule has 0 unspecified atom stereocenters. The fourth-order valence-electron chi connectivity index (χ4n) is 0.666. The maximum atomic E-state index is 9.53. The van der Waals surface area contributed by atoms with Crippen LogP contribution in [-0.4, -0.2) is 29.7 Å². The number of hydrogen-bond acceptors (Lipinski definition) is 7. The van der Waals surface area contributed by atoms with Crippen molar-refractivity contribution in [1.82, 2.24) is 0 Å². The summed E-state index contributed by atoms with van der Waals surface area (Å²) in [5.41, 5.74) is -0.747. The predicted molar refractivity (Wildman–Crippen MR) is 96.0 cm³/mol. The molecule has 1 heterocycles. The molecule has 0 atom stereocenters. The molecule has 0 saturated heterocycles. The first kappa shape index (κ1) is 37.5. The molecule has 1 aromatic heterocycles. The first-order chi connectivity index (χ1) is 11.6. The largest absolute Gasteiger partial charge is 4.00 e. The molecule has 0 fully saturated rings. The van der Waals surface area contributed by atoms with Crippen molar-refractivity contribution in [3.05, 3.63) is 24.2 Å². The summed E-state index contributed by atoms with van der Waals surface area (Å²) in [7, 11) is 0. The van der Waals surface area contributed by atoms with Crippen LogP contribution in [0.5, 0.6) is 0 Å². The van der Waals surface area contributed by atoms with Gasteiger partial charge in [-0.25, -0.2) is 4.89 Å². The van der Waals surface area contributed by atoms with Gasteiger partial charge in [0, 0.05) is 0 Å². The van der Waals surface area contributed by atoms with Crippen LogP contribution in [0.15, 0.2) is 22.8 Å². The van der Waals surface area contributed by atoms with Gasteiger partial charge in [0.1, 0.15) is 5.76 Å². The Kier molecular flexibility index (Phi) is 33.0. The molecular formula is C19H38O7Ti. The van der Waals surface area contributed by atoms with E-state index in [1.54, 1.807) is 81.4 Å². The minimum atomic E-state index is -0.747. The zero-order chi connectivity index (χ0) is 21.9. The van der Waals surface area contributed by atoms with Crippen molar-refractivity contribution in [3.8, 4) is 0 Å². The molecule has 0 bridgehead atoms. The van der Waals surface area contributed by atoms with Gasteiger partial charge in [0.25, 0.3) is 0 Å². The summed E-state index contributed by atoms with van der Waals surface area (Å²) in [6, 6.07) is 3.49. The Morgan fingerprint density at radius 3 is 1.22 bits per heavy atom. The Morgan fingerprint density at radius 1 is 0.815 bits per heavy atom. The van der Waals surface area contributed by atoms with E-state index in [1.165, 1.54) is 6.26 Å². The van der Waals surface area contributed by atoms with Gasteiger partial charge in [0.15, 0.2) is 5.60 Å². The van der Waals surface area contributed by atoms with Crippen molar-refractivity contribution >= 4 is 0 Å². The molecule has 27 heavy (non-hydrogen) atoms. The van der Waals surface area contributed by atoms with E-state index in [0.29, 0.717) is 5.76 Å². The summed E-state index contributed by atoms with van der Waals surface area (Å²) in [6.45, 7) is 16.3. The van der Waals surface area contributed by atoms with E-state index in [-0.39, 0.29) is 21.7 Å². The third-order valence-corrected chi connectivity index (χ3v) is 1.34. The summed E-state index contributed by atoms with van der Waals surface area (Å²) in [5.74, 6) is 0.606. The topological polar surface area (TPSA) is 135 Å². The molecule has 0 spiro atoms. The summed E-state index contributed by atoms with van der Waals surface area (Å²) in [6.07, 6.45) is -0.129. The third-order valence-electron chi connectivity index (χ3n) is 1.34. The second kappa shape index (κ2) is 23.8. The van der Waals surface area contributed by atoms with Crippen LogP contribution in [0, 0.1) is 0 Å². The minimum Gasteiger partial charge on any atom is -0.852 e. The first-order valence-electron chi connectivity index (χ1n) is 8.59. The maximum absolute atomic E-state index is 9.53. The van der Waals surface area contributed by atoms with Crippen LogP contribution in [-0.2, 0) is 32.2 Å². The molecule has 1 aromatic rings. The van der Waals surface area contributed by atoms with Crippen LogP contribution in [0.1, 0.15) is 75.0 Å². The van der Waals surface area contributed by atoms with Gasteiger partial charge in [-0.05, 0) is 26.0 Å². The number of furan rings is 1. The molecule has 7 nitrogen and oxygen atoms in total. The Bertz CT molecular complexity index is 316. The van der Waals surface area contributed by atoms with Gasteiger partial charge in [-0.2, -0.15) is 0 Å². The Morgan fingerprint density at radius 2 is 1.07 bits per heavy atom. The summed E-state index contributed by atoms with van der Waals surface area (Å²) >= 11 is 0. The van der Waals surface area contributed by atoms with Gasteiger partial charge < -0.3 is 24.8 Å². The fourth-order valence-corrected chi connectivity index (χ4v) is 0.666. The standard InChI is InChI=1S/C7H10O3.4C3H7O.Ti/c1-7(2,10-8)6-4-3-5-9-6;4*1-3(2)4;/h3-5,8H,1-2H3;4*3H,1-2H3;/q;4*-1;+4. The van der Waals surface area contributed by atoms with Crippen LogP contribution in [0.2, 0.25) is 0 Å². The molecule has 1 rings (SSSR count). The van der Waals surface area contributed by atoms with E-state index < -0.39 is 30.0 Å². The number of rotatable bonds is 2. The molecule has 0 radical (unpaired) electrons. The second-order valence-corrected chi connectivity index (χ2v) is 6.77. The predicted octanol–water partition coefficient (Wildman–Crippen LogP) is 1.02. The zero-order valence-electron chi connectivity index (χ0n) is 18.4. The SMILES string of the molecule is CC(C)(OO)c1ccco1.CC(C)[O-].CC(C)[O-].CC(C)[O-].CC(C)[O-].[Ti+4]. The minimum absolute atomic E-state index is 0. The van der Waals surface area contributed by atoms with E-state index in [1.807, 2.05) is 0 Å². The molecule has 0 aliphatic heterocycles. The zero-order valence-corrected chi connectivity index (χ0v) is 20.0. The fraction of sp³-hybridized carbons (Fsp3) is 0.789. The van der Waals surface area contributed by atoms with E-state index in [9.17, 15) is 20.4 Å². The van der Waals surface area contributed by atoms with E-state index in [0.717, 1.165) is 0 Å². The Hall–Kier alpha value is -0.246. The van der Waals surface area contributed by atoms with Gasteiger partial charge in [-0.15, -0.1) is 24.4 Å². The molecular weight excluding hydrogens is 388 g/mol. The van der Waals surface area contributed by atoms with Crippen molar-refractivity contribution in [3.63, 3.8) is 0 Å². The molecule has 0 aliphatic rings. The maximum Gasteiger partial charge on any atom is 4.00 e. The van der Waals surface area contributed by atoms with Crippen LogP contribution in [0.25, 0.3) is 0 Å². The van der Waals surface area contributed by atoms with Gasteiger partial charge in [0.2, 0.25) is 0 Å². The normalized spacial score (nSPS) is 9.74. The molecule has 8 heteroatoms. The van der Waals surface area contributed by atoms with Crippen LogP contribution < -0.4 is 20.4 Å². The Balaban J connectivity index is -0.0000000814. The molecule has 0 aliphatic carbocycles. The average Bonchev–Trinajstić information content (AvgIpc) is 2.90. The van der Waals surface area contributed by atoms with Crippen LogP contribution in [0.3, 0.4) is 0 Å². The molecule has 0 amide bonds. The van der Waals surface area contributed by atoms with Gasteiger partial charge in [-0.3, -0.25) is 5.26 Å². The first-order valence-corrected chi connectivity index (χ1v) is 8.59. The molecule has 0 saturated carbocycles. The summed E-state index contributed by atoms with van der Waals surface area (Å²) < 4.78 is 5.00. The third kappa shape index (κ3) is 58.6. The van der Waals surface area contributed by atoms with Crippen molar-refractivity contribution in [1.29, 1.82) is 0 Å². The second-order valence-electron chi connectivity index (χ2n) is 6.77. The van der Waals surface area contributed by atoms with E-state index >= 15 is 0 Å². The van der Waals surface area contributed by atoms with Gasteiger partial charge in [-0.1, -0.05) is 55.4 Å². The van der Waals surface area contributed by atoms with Crippen LogP contribution >= 0.6 is 0 Å². The van der Waals surface area contributed by atoms with Crippen molar-refractivity contribution in [2.45, 2.75) is 99.3 Å². The van der Waals surface area contributed by atoms with E-state index in [2.05, 4.69) is 4.89 Å². The van der Waals surface area contributed by atoms with Gasteiger partial charge in [0.05, 0.1) is 6.26 Å². The van der Waals surface area contributed by atoms with Crippen molar-refractivity contribution < 1.29 is 56.7 Å². The average molecular weight is 426 g/mol. The molecule has 1 N–H and O–H groups in total. The quantitative estimate of drug-likeness (QED) is 0.424. The Labute approximate surface area is 180 Å². The number of hydrogen-bond donors (Lipinski definition) is 1. The molecule has 0 aromatic carbocycles. The summed E-state index contributed by atoms with van der Waals surface area (Å²) in [4.78, 5) is 4.19. The van der Waals surface area contributed by atoms with Gasteiger partial charge >= 0.3 is 21.7 Å². The van der Waals surface area contributed by atoms with Crippen molar-refractivity contribution in [2.75, 3.05) is 0 Å². The van der Waals surface area contributed by atoms with Crippen LogP contribution in [0.4, 0.5) is 0 Å². The summed E-state index contributed by atoms with van der Waals surface area (Å²) in [5, 5.41) is 46.5. The monoisotopic (exact) mass is 426 g/mol. The van der Waals surface area contributed by atoms with E-state index in [4.69, 9.17) is 9.67 Å². The molecule has 160 valence electrons. The van der Waals surface area contributed by atoms with Crippen molar-refractivity contribution in [2.24, 2.45) is 0 Å². The smallest absolute Gasteiger partial charge is 0.852 e.